The largest absolute Gasteiger partial charge is 0.503 e. The van der Waals surface area contributed by atoms with Gasteiger partial charge in [0.25, 0.3) is 0 Å². The second-order valence-corrected chi connectivity index (χ2v) is 5.24. The maximum absolute atomic E-state index is 9.70. The summed E-state index contributed by atoms with van der Waals surface area (Å²) in [5, 5.41) is 14.0. The van der Waals surface area contributed by atoms with Crippen LogP contribution in [0.5, 0.6) is 23.0 Å². The number of halogens is 1. The van der Waals surface area contributed by atoms with Gasteiger partial charge in [0, 0.05) is 0 Å². The molecule has 0 fully saturated rings. The van der Waals surface area contributed by atoms with Gasteiger partial charge in [-0.05, 0) is 35.4 Å². The van der Waals surface area contributed by atoms with Crippen molar-refractivity contribution in [3.8, 4) is 23.0 Å². The second kappa shape index (κ2) is 8.31. The van der Waals surface area contributed by atoms with E-state index in [2.05, 4.69) is 10.5 Å². The van der Waals surface area contributed by atoms with Gasteiger partial charge in [-0.25, -0.2) is 0 Å². The number of aromatic hydroxyl groups is 1. The lowest BCUT2D eigenvalue weighted by molar-refractivity contribution is 0.354. The first-order chi connectivity index (χ1) is 11.6. The van der Waals surface area contributed by atoms with Crippen molar-refractivity contribution in [3.05, 3.63) is 46.5 Å². The van der Waals surface area contributed by atoms with Gasteiger partial charge in [-0.2, -0.15) is 5.10 Å². The van der Waals surface area contributed by atoms with Gasteiger partial charge in [0.1, 0.15) is 0 Å². The van der Waals surface area contributed by atoms with Gasteiger partial charge >= 0.3 is 0 Å². The van der Waals surface area contributed by atoms with Gasteiger partial charge in [-0.1, -0.05) is 17.7 Å². The van der Waals surface area contributed by atoms with Crippen LogP contribution in [0.15, 0.2) is 35.4 Å². The minimum Gasteiger partial charge on any atom is -0.503 e. The molecule has 0 aliphatic rings. The van der Waals surface area contributed by atoms with E-state index in [1.54, 1.807) is 32.6 Å². The molecule has 2 aromatic carbocycles. The molecular formula is C17H19ClN2O4. The molecule has 0 atom stereocenters. The third-order valence-corrected chi connectivity index (χ3v) is 3.59. The molecule has 0 spiro atoms. The number of phenolic OH excluding ortho intramolecular Hbond substituents is 1. The average Bonchev–Trinajstić information content (AvgIpc) is 2.61. The highest BCUT2D eigenvalue weighted by Gasteiger charge is 2.08. The number of nitrogens with one attached hydrogen (secondary N) is 1. The molecule has 24 heavy (non-hydrogen) atoms. The van der Waals surface area contributed by atoms with Crippen LogP contribution in [0.4, 0.5) is 0 Å². The zero-order valence-corrected chi connectivity index (χ0v) is 14.4. The first-order valence-electron chi connectivity index (χ1n) is 7.12. The van der Waals surface area contributed by atoms with E-state index in [1.165, 1.54) is 7.11 Å². The fraction of sp³-hybridized carbons (Fsp3) is 0.235. The summed E-state index contributed by atoms with van der Waals surface area (Å²) in [6, 6.07) is 8.88. The van der Waals surface area contributed by atoms with Crippen LogP contribution in [0.25, 0.3) is 0 Å². The van der Waals surface area contributed by atoms with Crippen molar-refractivity contribution in [1.29, 1.82) is 0 Å². The Bertz CT molecular complexity index is 735. The van der Waals surface area contributed by atoms with Crippen molar-refractivity contribution < 1.29 is 19.3 Å². The molecule has 2 N–H and O–H groups in total. The van der Waals surface area contributed by atoms with Crippen LogP contribution in [-0.2, 0) is 6.54 Å². The fourth-order valence-corrected chi connectivity index (χ4v) is 2.29. The highest BCUT2D eigenvalue weighted by atomic mass is 35.5. The van der Waals surface area contributed by atoms with E-state index in [1.807, 2.05) is 18.2 Å². The fourth-order valence-electron chi connectivity index (χ4n) is 2.07. The van der Waals surface area contributed by atoms with Crippen LogP contribution in [0, 0.1) is 0 Å². The van der Waals surface area contributed by atoms with Crippen LogP contribution in [0.3, 0.4) is 0 Å². The SMILES string of the molecule is COc1ccc(CN/N=C\c2cc(Cl)c(O)c(OC)c2)cc1OC. The lowest BCUT2D eigenvalue weighted by Crippen LogP contribution is -2.06. The Morgan fingerprint density at radius 2 is 1.75 bits per heavy atom. The molecule has 7 heteroatoms. The number of ether oxygens (including phenoxy) is 3. The Labute approximate surface area is 145 Å². The van der Waals surface area contributed by atoms with Gasteiger partial charge < -0.3 is 24.7 Å². The average molecular weight is 351 g/mol. The number of hydrogen-bond acceptors (Lipinski definition) is 6. The van der Waals surface area contributed by atoms with Gasteiger partial charge in [0.15, 0.2) is 23.0 Å². The summed E-state index contributed by atoms with van der Waals surface area (Å²) < 4.78 is 15.5. The van der Waals surface area contributed by atoms with Crippen LogP contribution in [0.1, 0.15) is 11.1 Å². The molecule has 0 heterocycles. The molecule has 0 aliphatic carbocycles. The number of phenols is 1. The van der Waals surface area contributed by atoms with Crippen molar-refractivity contribution in [2.24, 2.45) is 5.10 Å². The summed E-state index contributed by atoms with van der Waals surface area (Å²) >= 11 is 5.93. The molecule has 0 radical (unpaired) electrons. The quantitative estimate of drug-likeness (QED) is 0.592. The summed E-state index contributed by atoms with van der Waals surface area (Å²) in [5.74, 6) is 1.55. The standard InChI is InChI=1S/C17H19ClN2O4/c1-22-14-5-4-11(7-15(14)23-2)9-19-20-10-12-6-13(18)17(21)16(8-12)24-3/h4-8,10,19,21H,9H2,1-3H3/b20-10-. The summed E-state index contributed by atoms with van der Waals surface area (Å²) in [7, 11) is 4.65. The van der Waals surface area contributed by atoms with Crippen LogP contribution >= 0.6 is 11.6 Å². The van der Waals surface area contributed by atoms with Gasteiger partial charge in [-0.15, -0.1) is 0 Å². The van der Waals surface area contributed by atoms with Gasteiger partial charge in [0.2, 0.25) is 0 Å². The second-order valence-electron chi connectivity index (χ2n) is 4.84. The number of hydrogen-bond donors (Lipinski definition) is 2. The van der Waals surface area contributed by atoms with Crippen molar-refractivity contribution in [1.82, 2.24) is 5.43 Å². The number of rotatable bonds is 7. The Balaban J connectivity index is 2.01. The molecule has 0 unspecified atom stereocenters. The van der Waals surface area contributed by atoms with Crippen LogP contribution < -0.4 is 19.6 Å². The predicted molar refractivity (Wildman–Crippen MR) is 93.6 cm³/mol. The highest BCUT2D eigenvalue weighted by molar-refractivity contribution is 6.32. The third kappa shape index (κ3) is 4.23. The molecule has 2 rings (SSSR count). The van der Waals surface area contributed by atoms with E-state index < -0.39 is 0 Å². The Morgan fingerprint density at radius 3 is 2.42 bits per heavy atom. The molecule has 0 aliphatic heterocycles. The van der Waals surface area contributed by atoms with E-state index in [0.29, 0.717) is 29.4 Å². The monoisotopic (exact) mass is 350 g/mol. The first-order valence-corrected chi connectivity index (χ1v) is 7.50. The minimum absolute atomic E-state index is 0.0883. The lowest BCUT2D eigenvalue weighted by atomic mass is 10.2. The smallest absolute Gasteiger partial charge is 0.176 e. The zero-order chi connectivity index (χ0) is 17.5. The molecule has 0 amide bonds. The summed E-state index contributed by atoms with van der Waals surface area (Å²) in [6.07, 6.45) is 1.59. The van der Waals surface area contributed by atoms with E-state index in [-0.39, 0.29) is 10.8 Å². The normalized spacial score (nSPS) is 10.7. The molecule has 0 saturated carbocycles. The molecule has 0 bridgehead atoms. The van der Waals surface area contributed by atoms with E-state index in [9.17, 15) is 5.11 Å². The number of hydrazone groups is 1. The topological polar surface area (TPSA) is 72.3 Å². The van der Waals surface area contributed by atoms with Crippen molar-refractivity contribution in [2.45, 2.75) is 6.54 Å². The lowest BCUT2D eigenvalue weighted by Gasteiger charge is -2.09. The molecule has 128 valence electrons. The van der Waals surface area contributed by atoms with E-state index >= 15 is 0 Å². The Kier molecular flexibility index (Phi) is 6.14. The summed E-state index contributed by atoms with van der Waals surface area (Å²) in [6.45, 7) is 0.514. The van der Waals surface area contributed by atoms with Crippen molar-refractivity contribution in [2.75, 3.05) is 21.3 Å². The van der Waals surface area contributed by atoms with Crippen LogP contribution in [-0.4, -0.2) is 32.7 Å². The summed E-state index contributed by atoms with van der Waals surface area (Å²) in [5.41, 5.74) is 4.63. The summed E-state index contributed by atoms with van der Waals surface area (Å²) in [4.78, 5) is 0. The van der Waals surface area contributed by atoms with E-state index in [4.69, 9.17) is 25.8 Å². The third-order valence-electron chi connectivity index (χ3n) is 3.31. The van der Waals surface area contributed by atoms with Crippen molar-refractivity contribution in [3.63, 3.8) is 0 Å². The van der Waals surface area contributed by atoms with Gasteiger partial charge in [-0.3, -0.25) is 0 Å². The zero-order valence-electron chi connectivity index (χ0n) is 13.7. The molecule has 0 saturated heterocycles. The van der Waals surface area contributed by atoms with Gasteiger partial charge in [0.05, 0.1) is 39.1 Å². The molecule has 0 aromatic heterocycles. The molecule has 2 aromatic rings. The highest BCUT2D eigenvalue weighted by Crippen LogP contribution is 2.34. The maximum atomic E-state index is 9.70. The number of benzene rings is 2. The molecule has 6 nitrogen and oxygen atoms in total. The minimum atomic E-state index is -0.0883. The van der Waals surface area contributed by atoms with Crippen molar-refractivity contribution >= 4 is 17.8 Å². The molecular weight excluding hydrogens is 332 g/mol. The van der Waals surface area contributed by atoms with Crippen LogP contribution in [0.2, 0.25) is 5.02 Å². The first kappa shape index (κ1) is 17.7. The maximum Gasteiger partial charge on any atom is 0.176 e. The predicted octanol–water partition coefficient (Wildman–Crippen LogP) is 3.20. The Morgan fingerprint density at radius 1 is 1.04 bits per heavy atom. The number of methoxy groups -OCH3 is 3. The Hall–Kier alpha value is -2.60. The van der Waals surface area contributed by atoms with E-state index in [0.717, 1.165) is 5.56 Å². The number of nitrogens with zero attached hydrogens (tertiary/aromatic N) is 1.